The van der Waals surface area contributed by atoms with Crippen molar-refractivity contribution < 1.29 is 9.21 Å². The van der Waals surface area contributed by atoms with Crippen molar-refractivity contribution in [1.82, 2.24) is 9.55 Å². The number of rotatable bonds is 8. The number of aromatic nitrogens is 2. The van der Waals surface area contributed by atoms with Crippen molar-refractivity contribution in [3.63, 3.8) is 0 Å². The van der Waals surface area contributed by atoms with Crippen LogP contribution >= 0.6 is 0 Å². The molecule has 0 aromatic carbocycles. The summed E-state index contributed by atoms with van der Waals surface area (Å²) in [4.78, 5) is 43.1. The van der Waals surface area contributed by atoms with Crippen LogP contribution in [-0.2, 0) is 17.9 Å². The molecule has 4 saturated carbocycles. The highest BCUT2D eigenvalue weighted by Crippen LogP contribution is 2.61. The van der Waals surface area contributed by atoms with Gasteiger partial charge in [-0.15, -0.1) is 0 Å². The second kappa shape index (κ2) is 8.54. The molecule has 2 aromatic heterocycles. The molecule has 2 heterocycles. The Balaban J connectivity index is 1.50. The largest absolute Gasteiger partial charge is 0.467 e. The summed E-state index contributed by atoms with van der Waals surface area (Å²) in [5.74, 6) is 2.68. The van der Waals surface area contributed by atoms with E-state index in [0.717, 1.165) is 49.9 Å². The standard InChI is InChI=1S/C25H34N4O4/c1-2-3-6-28-22(26)21(23(31)27-24(28)32)29(15-19-5-4-7-33-19)20(30)14-25-11-16-8-17(12-25)10-18(9-16)13-25/h4-5,7,16-18H,2-3,6,8-15,26H2,1H3,(H,27,31,32). The fraction of sp³-hybridized carbons (Fsp3) is 0.640. The fourth-order valence-electron chi connectivity index (χ4n) is 7.15. The van der Waals surface area contributed by atoms with Gasteiger partial charge in [0.1, 0.15) is 11.6 Å². The number of furan rings is 1. The summed E-state index contributed by atoms with van der Waals surface area (Å²) in [6.45, 7) is 2.52. The van der Waals surface area contributed by atoms with Crippen LogP contribution in [0.5, 0.6) is 0 Å². The van der Waals surface area contributed by atoms with E-state index in [2.05, 4.69) is 4.98 Å². The molecule has 4 fully saturated rings. The van der Waals surface area contributed by atoms with Crippen LogP contribution in [0.3, 0.4) is 0 Å². The maximum atomic E-state index is 13.9. The Kier molecular flexibility index (Phi) is 5.70. The lowest BCUT2D eigenvalue weighted by molar-refractivity contribution is -0.127. The molecule has 4 bridgehead atoms. The summed E-state index contributed by atoms with van der Waals surface area (Å²) in [5.41, 5.74) is 5.28. The number of hydrogen-bond donors (Lipinski definition) is 2. The summed E-state index contributed by atoms with van der Waals surface area (Å²) in [6.07, 6.45) is 10.8. The molecule has 0 saturated heterocycles. The molecule has 8 nitrogen and oxygen atoms in total. The lowest BCUT2D eigenvalue weighted by Gasteiger charge is -2.57. The molecule has 0 spiro atoms. The topological polar surface area (TPSA) is 114 Å². The summed E-state index contributed by atoms with van der Waals surface area (Å²) in [6, 6.07) is 3.54. The van der Waals surface area contributed by atoms with Crippen LogP contribution in [0.4, 0.5) is 11.5 Å². The fourth-order valence-corrected chi connectivity index (χ4v) is 7.15. The van der Waals surface area contributed by atoms with Gasteiger partial charge < -0.3 is 10.2 Å². The van der Waals surface area contributed by atoms with Crippen LogP contribution in [0.25, 0.3) is 0 Å². The Morgan fingerprint density at radius 1 is 1.21 bits per heavy atom. The Morgan fingerprint density at radius 3 is 2.45 bits per heavy atom. The smallest absolute Gasteiger partial charge is 0.330 e. The molecular weight excluding hydrogens is 420 g/mol. The number of nitrogens with zero attached hydrogens (tertiary/aromatic N) is 2. The van der Waals surface area contributed by atoms with Crippen molar-refractivity contribution in [1.29, 1.82) is 0 Å². The third-order valence-electron chi connectivity index (χ3n) is 8.11. The van der Waals surface area contributed by atoms with Crippen molar-refractivity contribution in [2.45, 2.75) is 77.8 Å². The first-order chi connectivity index (χ1) is 15.9. The van der Waals surface area contributed by atoms with Gasteiger partial charge in [-0.2, -0.15) is 0 Å². The zero-order chi connectivity index (χ0) is 23.2. The average Bonchev–Trinajstić information content (AvgIpc) is 3.24. The first-order valence-corrected chi connectivity index (χ1v) is 12.3. The van der Waals surface area contributed by atoms with E-state index in [1.54, 1.807) is 18.4 Å². The molecule has 33 heavy (non-hydrogen) atoms. The zero-order valence-corrected chi connectivity index (χ0v) is 19.3. The van der Waals surface area contributed by atoms with E-state index in [9.17, 15) is 14.4 Å². The molecule has 178 valence electrons. The number of unbranched alkanes of at least 4 members (excludes halogenated alkanes) is 1. The van der Waals surface area contributed by atoms with Gasteiger partial charge in [0.25, 0.3) is 5.56 Å². The normalized spacial score (nSPS) is 27.7. The van der Waals surface area contributed by atoms with Crippen LogP contribution in [0.2, 0.25) is 0 Å². The number of aromatic amines is 1. The minimum atomic E-state index is -0.629. The molecule has 3 N–H and O–H groups in total. The Morgan fingerprint density at radius 2 is 1.88 bits per heavy atom. The SMILES string of the molecule is CCCCn1c(N)c(N(Cc2ccco2)C(=O)CC23CC4CC(CC(C4)C2)C3)c(=O)[nH]c1=O. The maximum Gasteiger partial charge on any atom is 0.330 e. The monoisotopic (exact) mass is 454 g/mol. The molecule has 0 unspecified atom stereocenters. The predicted octanol–water partition coefficient (Wildman–Crippen LogP) is 3.65. The van der Waals surface area contributed by atoms with Gasteiger partial charge in [0.2, 0.25) is 5.91 Å². The molecule has 1 amide bonds. The van der Waals surface area contributed by atoms with Crippen LogP contribution < -0.4 is 21.9 Å². The van der Waals surface area contributed by atoms with Crippen LogP contribution in [0, 0.1) is 23.2 Å². The lowest BCUT2D eigenvalue weighted by atomic mass is 9.49. The number of hydrogen-bond acceptors (Lipinski definition) is 5. The van der Waals surface area contributed by atoms with E-state index < -0.39 is 11.2 Å². The van der Waals surface area contributed by atoms with Gasteiger partial charge in [-0.25, -0.2) is 4.79 Å². The third kappa shape index (κ3) is 4.15. The van der Waals surface area contributed by atoms with Gasteiger partial charge >= 0.3 is 5.69 Å². The Labute approximate surface area is 193 Å². The molecule has 6 rings (SSSR count). The number of H-pyrrole nitrogens is 1. The van der Waals surface area contributed by atoms with Gasteiger partial charge in [0.05, 0.1) is 12.8 Å². The predicted molar refractivity (Wildman–Crippen MR) is 126 cm³/mol. The van der Waals surface area contributed by atoms with Crippen LogP contribution in [-0.4, -0.2) is 15.5 Å². The van der Waals surface area contributed by atoms with Crippen molar-refractivity contribution in [3.05, 3.63) is 45.0 Å². The highest BCUT2D eigenvalue weighted by atomic mass is 16.3. The van der Waals surface area contributed by atoms with Gasteiger partial charge in [-0.1, -0.05) is 13.3 Å². The van der Waals surface area contributed by atoms with Crippen molar-refractivity contribution in [2.24, 2.45) is 23.2 Å². The van der Waals surface area contributed by atoms with Crippen LogP contribution in [0.15, 0.2) is 32.4 Å². The second-order valence-corrected chi connectivity index (χ2v) is 10.7. The van der Waals surface area contributed by atoms with Crippen molar-refractivity contribution in [2.75, 3.05) is 10.6 Å². The summed E-state index contributed by atoms with van der Waals surface area (Å²) >= 11 is 0. The first-order valence-electron chi connectivity index (χ1n) is 12.3. The van der Waals surface area contributed by atoms with E-state index in [4.69, 9.17) is 10.2 Å². The second-order valence-electron chi connectivity index (χ2n) is 10.7. The number of amides is 1. The summed E-state index contributed by atoms with van der Waals surface area (Å²) in [7, 11) is 0. The molecule has 0 radical (unpaired) electrons. The molecule has 8 heteroatoms. The van der Waals surface area contributed by atoms with E-state index >= 15 is 0 Å². The van der Waals surface area contributed by atoms with E-state index in [0.29, 0.717) is 18.7 Å². The number of nitrogens with two attached hydrogens (primary N) is 1. The molecule has 0 aliphatic heterocycles. The minimum Gasteiger partial charge on any atom is -0.467 e. The number of nitrogen functional groups attached to an aromatic ring is 1. The Hall–Kier alpha value is -2.77. The van der Waals surface area contributed by atoms with Gasteiger partial charge in [-0.05, 0) is 80.2 Å². The van der Waals surface area contributed by atoms with Gasteiger partial charge in [0.15, 0.2) is 5.69 Å². The highest BCUT2D eigenvalue weighted by Gasteiger charge is 2.52. The number of carbonyl (C=O) groups is 1. The van der Waals surface area contributed by atoms with E-state index in [1.165, 1.54) is 28.7 Å². The minimum absolute atomic E-state index is 0.0193. The van der Waals surface area contributed by atoms with E-state index in [-0.39, 0.29) is 29.4 Å². The molecule has 4 aliphatic rings. The van der Waals surface area contributed by atoms with Crippen molar-refractivity contribution in [3.8, 4) is 0 Å². The van der Waals surface area contributed by atoms with E-state index in [1.807, 2.05) is 6.92 Å². The van der Waals surface area contributed by atoms with Gasteiger partial charge in [0, 0.05) is 13.0 Å². The number of anilines is 2. The highest BCUT2D eigenvalue weighted by molar-refractivity contribution is 5.95. The number of carbonyl (C=O) groups excluding carboxylic acids is 1. The molecule has 0 atom stereocenters. The van der Waals surface area contributed by atoms with Crippen molar-refractivity contribution >= 4 is 17.4 Å². The summed E-state index contributed by atoms with van der Waals surface area (Å²) in [5, 5.41) is 0. The average molecular weight is 455 g/mol. The first kappa shape index (κ1) is 22.0. The van der Waals surface area contributed by atoms with Crippen LogP contribution in [0.1, 0.15) is 70.5 Å². The van der Waals surface area contributed by atoms with Gasteiger partial charge in [-0.3, -0.25) is 24.0 Å². The maximum absolute atomic E-state index is 13.9. The molecule has 2 aromatic rings. The third-order valence-corrected chi connectivity index (χ3v) is 8.11. The molecule has 4 aliphatic carbocycles. The lowest BCUT2D eigenvalue weighted by Crippen LogP contribution is -2.49. The zero-order valence-electron chi connectivity index (χ0n) is 19.3. The summed E-state index contributed by atoms with van der Waals surface area (Å²) < 4.78 is 6.88. The number of nitrogens with one attached hydrogen (secondary N) is 1. The quantitative estimate of drug-likeness (QED) is 0.632. The molecular formula is C25H34N4O4. The Bertz CT molecular complexity index is 1090.